The lowest BCUT2D eigenvalue weighted by Gasteiger charge is -2.14. The first-order valence-corrected chi connectivity index (χ1v) is 9.41. The van der Waals surface area contributed by atoms with E-state index in [4.69, 9.17) is 9.47 Å². The number of aryl methyl sites for hydroxylation is 1. The molecule has 2 rings (SSSR count). The van der Waals surface area contributed by atoms with Gasteiger partial charge in [-0.1, -0.05) is 29.8 Å². The Labute approximate surface area is 194 Å². The number of benzene rings is 2. The summed E-state index contributed by atoms with van der Waals surface area (Å²) >= 11 is 0. The van der Waals surface area contributed by atoms with Crippen molar-refractivity contribution in [1.82, 2.24) is 10.6 Å². The van der Waals surface area contributed by atoms with E-state index in [0.717, 1.165) is 23.3 Å². The normalized spacial score (nSPS) is 10.8. The Bertz CT molecular complexity index is 828. The number of non-ortho nitro benzene ring substituents is 1. The maximum Gasteiger partial charge on any atom is 0.269 e. The third-order valence-corrected chi connectivity index (χ3v) is 4.29. The highest BCUT2D eigenvalue weighted by Gasteiger charge is 2.06. The van der Waals surface area contributed by atoms with Gasteiger partial charge in [0.1, 0.15) is 5.75 Å². The SMILES string of the molecule is COCCNC(=NCc1ccc([N+](=O)[O-])cc1)NCCc1cc(C)ccc1OC.I. The molecule has 9 heteroatoms. The van der Waals surface area contributed by atoms with E-state index < -0.39 is 4.92 Å². The summed E-state index contributed by atoms with van der Waals surface area (Å²) in [5.74, 6) is 1.53. The lowest BCUT2D eigenvalue weighted by atomic mass is 10.1. The van der Waals surface area contributed by atoms with Crippen LogP contribution in [0.15, 0.2) is 47.5 Å². The molecule has 0 saturated heterocycles. The summed E-state index contributed by atoms with van der Waals surface area (Å²) in [5, 5.41) is 17.3. The Kier molecular flexibility index (Phi) is 11.8. The predicted octanol–water partition coefficient (Wildman–Crippen LogP) is 3.45. The molecular formula is C21H29IN4O4. The van der Waals surface area contributed by atoms with Gasteiger partial charge >= 0.3 is 0 Å². The second kappa shape index (κ2) is 13.8. The Balaban J connectivity index is 0.00000450. The Hall–Kier alpha value is -2.40. The number of hydrogen-bond donors (Lipinski definition) is 2. The molecule has 0 aromatic heterocycles. The Morgan fingerprint density at radius 1 is 1.10 bits per heavy atom. The molecule has 0 saturated carbocycles. The molecule has 0 fully saturated rings. The second-order valence-electron chi connectivity index (χ2n) is 6.50. The number of nitrogens with one attached hydrogen (secondary N) is 2. The van der Waals surface area contributed by atoms with Gasteiger partial charge in [-0.25, -0.2) is 4.99 Å². The lowest BCUT2D eigenvalue weighted by molar-refractivity contribution is -0.384. The molecule has 164 valence electrons. The third kappa shape index (κ3) is 8.54. The van der Waals surface area contributed by atoms with E-state index in [0.29, 0.717) is 32.2 Å². The molecule has 0 aliphatic carbocycles. The summed E-state index contributed by atoms with van der Waals surface area (Å²) in [6.45, 7) is 4.33. The van der Waals surface area contributed by atoms with Gasteiger partial charge in [-0.15, -0.1) is 24.0 Å². The fraction of sp³-hybridized carbons (Fsp3) is 0.381. The summed E-state index contributed by atoms with van der Waals surface area (Å²) in [5.41, 5.74) is 3.28. The van der Waals surface area contributed by atoms with Gasteiger partial charge < -0.3 is 20.1 Å². The van der Waals surface area contributed by atoms with E-state index in [2.05, 4.69) is 28.6 Å². The van der Waals surface area contributed by atoms with Gasteiger partial charge in [0.2, 0.25) is 0 Å². The van der Waals surface area contributed by atoms with Crippen LogP contribution in [0.25, 0.3) is 0 Å². The van der Waals surface area contributed by atoms with Gasteiger partial charge in [-0.2, -0.15) is 0 Å². The monoisotopic (exact) mass is 528 g/mol. The van der Waals surface area contributed by atoms with Crippen LogP contribution < -0.4 is 15.4 Å². The van der Waals surface area contributed by atoms with Crippen molar-refractivity contribution in [3.8, 4) is 5.75 Å². The number of nitrogens with zero attached hydrogens (tertiary/aromatic N) is 2. The molecule has 0 heterocycles. The summed E-state index contributed by atoms with van der Waals surface area (Å²) in [4.78, 5) is 14.9. The molecule has 0 aliphatic rings. The summed E-state index contributed by atoms with van der Waals surface area (Å²) < 4.78 is 10.5. The van der Waals surface area contributed by atoms with Crippen LogP contribution in [-0.2, 0) is 17.7 Å². The zero-order chi connectivity index (χ0) is 21.1. The zero-order valence-corrected chi connectivity index (χ0v) is 19.8. The molecule has 0 bridgehead atoms. The van der Waals surface area contributed by atoms with Crippen molar-refractivity contribution in [3.63, 3.8) is 0 Å². The maximum atomic E-state index is 10.8. The lowest BCUT2D eigenvalue weighted by Crippen LogP contribution is -2.40. The van der Waals surface area contributed by atoms with Crippen molar-refractivity contribution in [2.24, 2.45) is 4.99 Å². The number of nitro groups is 1. The van der Waals surface area contributed by atoms with Crippen LogP contribution in [0.5, 0.6) is 5.75 Å². The molecule has 0 amide bonds. The third-order valence-electron chi connectivity index (χ3n) is 4.29. The predicted molar refractivity (Wildman–Crippen MR) is 129 cm³/mol. The topological polar surface area (TPSA) is 98.0 Å². The highest BCUT2D eigenvalue weighted by molar-refractivity contribution is 14.0. The van der Waals surface area contributed by atoms with Gasteiger partial charge in [0, 0.05) is 32.3 Å². The number of rotatable bonds is 10. The number of methoxy groups -OCH3 is 2. The Morgan fingerprint density at radius 2 is 1.80 bits per heavy atom. The van der Waals surface area contributed by atoms with Crippen LogP contribution in [0.3, 0.4) is 0 Å². The minimum Gasteiger partial charge on any atom is -0.496 e. The first-order chi connectivity index (χ1) is 14.0. The standard InChI is InChI=1S/C21H28N4O4.HI/c1-16-4-9-20(29-3)18(14-16)10-11-22-21(23-12-13-28-2)24-15-17-5-7-19(8-6-17)25(26)27;/h4-9,14H,10-13,15H2,1-3H3,(H2,22,23,24);1H. The molecule has 30 heavy (non-hydrogen) atoms. The molecular weight excluding hydrogens is 499 g/mol. The first kappa shape index (κ1) is 25.6. The second-order valence-corrected chi connectivity index (χ2v) is 6.50. The van der Waals surface area contributed by atoms with E-state index in [1.165, 1.54) is 17.7 Å². The first-order valence-electron chi connectivity index (χ1n) is 9.41. The number of halogens is 1. The average molecular weight is 528 g/mol. The van der Waals surface area contributed by atoms with E-state index in [1.54, 1.807) is 26.4 Å². The van der Waals surface area contributed by atoms with Gasteiger partial charge in [0.25, 0.3) is 5.69 Å². The van der Waals surface area contributed by atoms with Crippen molar-refractivity contribution < 1.29 is 14.4 Å². The number of aliphatic imine (C=N–C) groups is 1. The minimum atomic E-state index is -0.411. The molecule has 2 aromatic carbocycles. The van der Waals surface area contributed by atoms with Crippen molar-refractivity contribution in [2.75, 3.05) is 33.9 Å². The van der Waals surface area contributed by atoms with E-state index in [-0.39, 0.29) is 29.7 Å². The van der Waals surface area contributed by atoms with Crippen molar-refractivity contribution >= 4 is 35.6 Å². The molecule has 0 spiro atoms. The molecule has 2 N–H and O–H groups in total. The number of guanidine groups is 1. The fourth-order valence-electron chi connectivity index (χ4n) is 2.76. The van der Waals surface area contributed by atoms with Gasteiger partial charge in [-0.05, 0) is 30.5 Å². The summed E-state index contributed by atoms with van der Waals surface area (Å²) in [6.07, 6.45) is 0.785. The number of hydrogen-bond acceptors (Lipinski definition) is 5. The molecule has 2 aromatic rings. The zero-order valence-electron chi connectivity index (χ0n) is 17.5. The van der Waals surface area contributed by atoms with Crippen molar-refractivity contribution in [3.05, 3.63) is 69.3 Å². The maximum absolute atomic E-state index is 10.8. The average Bonchev–Trinajstić information content (AvgIpc) is 2.72. The van der Waals surface area contributed by atoms with Crippen LogP contribution in [0.4, 0.5) is 5.69 Å². The molecule has 0 atom stereocenters. The van der Waals surface area contributed by atoms with E-state index in [9.17, 15) is 10.1 Å². The molecule has 0 unspecified atom stereocenters. The van der Waals surface area contributed by atoms with E-state index in [1.807, 2.05) is 12.1 Å². The van der Waals surface area contributed by atoms with Gasteiger partial charge in [-0.3, -0.25) is 10.1 Å². The highest BCUT2D eigenvalue weighted by Crippen LogP contribution is 2.19. The summed E-state index contributed by atoms with van der Waals surface area (Å²) in [6, 6.07) is 12.5. The van der Waals surface area contributed by atoms with Crippen LogP contribution in [0.2, 0.25) is 0 Å². The minimum absolute atomic E-state index is 0. The van der Waals surface area contributed by atoms with E-state index >= 15 is 0 Å². The number of nitro benzene ring substituents is 1. The van der Waals surface area contributed by atoms with Crippen LogP contribution in [-0.4, -0.2) is 44.8 Å². The quantitative estimate of drug-likeness (QED) is 0.123. The largest absolute Gasteiger partial charge is 0.496 e. The molecule has 8 nitrogen and oxygen atoms in total. The fourth-order valence-corrected chi connectivity index (χ4v) is 2.76. The van der Waals surface area contributed by atoms with Crippen LogP contribution >= 0.6 is 24.0 Å². The van der Waals surface area contributed by atoms with Crippen LogP contribution in [0, 0.1) is 17.0 Å². The van der Waals surface area contributed by atoms with Crippen molar-refractivity contribution in [1.29, 1.82) is 0 Å². The molecule has 0 aliphatic heterocycles. The van der Waals surface area contributed by atoms with Gasteiger partial charge in [0.05, 0.1) is 25.2 Å². The number of ether oxygens (including phenoxy) is 2. The van der Waals surface area contributed by atoms with Gasteiger partial charge in [0.15, 0.2) is 5.96 Å². The molecule has 0 radical (unpaired) electrons. The Morgan fingerprint density at radius 3 is 2.43 bits per heavy atom. The van der Waals surface area contributed by atoms with Crippen molar-refractivity contribution in [2.45, 2.75) is 19.9 Å². The van der Waals surface area contributed by atoms with Crippen LogP contribution in [0.1, 0.15) is 16.7 Å². The highest BCUT2D eigenvalue weighted by atomic mass is 127. The smallest absolute Gasteiger partial charge is 0.269 e. The summed E-state index contributed by atoms with van der Waals surface area (Å²) in [7, 11) is 3.32.